The lowest BCUT2D eigenvalue weighted by Crippen LogP contribution is -2.17. The number of aryl methyl sites for hydroxylation is 1. The van der Waals surface area contributed by atoms with Gasteiger partial charge in [0, 0.05) is 28.9 Å². The summed E-state index contributed by atoms with van der Waals surface area (Å²) in [5.74, 6) is -0.316. The van der Waals surface area contributed by atoms with Crippen LogP contribution in [0.1, 0.15) is 21.5 Å². The van der Waals surface area contributed by atoms with Crippen molar-refractivity contribution in [2.75, 3.05) is 0 Å². The van der Waals surface area contributed by atoms with Gasteiger partial charge in [0.1, 0.15) is 5.15 Å². The van der Waals surface area contributed by atoms with Gasteiger partial charge < -0.3 is 0 Å². The summed E-state index contributed by atoms with van der Waals surface area (Å²) in [7, 11) is 0. The monoisotopic (exact) mass is 324 g/mol. The molecule has 0 saturated heterocycles. The van der Waals surface area contributed by atoms with Crippen molar-refractivity contribution in [2.45, 2.75) is 6.92 Å². The lowest BCUT2D eigenvalue weighted by molar-refractivity contribution is 0.0955. The highest BCUT2D eigenvalue weighted by atomic mass is 35.5. The number of halogens is 1. The third-order valence-electron chi connectivity index (χ3n) is 3.27. The Hall–Kier alpha value is -2.79. The molecule has 0 aliphatic carbocycles. The molecule has 1 aromatic carbocycles. The van der Waals surface area contributed by atoms with Crippen LogP contribution >= 0.6 is 11.6 Å². The van der Waals surface area contributed by atoms with Crippen LogP contribution < -0.4 is 5.43 Å². The molecule has 5 nitrogen and oxygen atoms in total. The van der Waals surface area contributed by atoms with Gasteiger partial charge in [-0.3, -0.25) is 9.78 Å². The van der Waals surface area contributed by atoms with Gasteiger partial charge in [0.05, 0.1) is 11.7 Å². The van der Waals surface area contributed by atoms with Gasteiger partial charge in [-0.1, -0.05) is 23.7 Å². The quantitative estimate of drug-likeness (QED) is 0.456. The molecule has 0 aliphatic rings. The maximum atomic E-state index is 11.9. The number of hydrogen-bond donors (Lipinski definition) is 1. The van der Waals surface area contributed by atoms with Crippen molar-refractivity contribution in [3.63, 3.8) is 0 Å². The number of amides is 1. The Kier molecular flexibility index (Phi) is 4.30. The van der Waals surface area contributed by atoms with Gasteiger partial charge in [0.15, 0.2) is 0 Å². The molecule has 0 aliphatic heterocycles. The molecule has 0 atom stereocenters. The fraction of sp³-hybridized carbons (Fsp3) is 0.0588. The minimum absolute atomic E-state index is 0.316. The molecule has 1 amide bonds. The first-order chi connectivity index (χ1) is 11.1. The summed E-state index contributed by atoms with van der Waals surface area (Å²) >= 11 is 6.16. The highest BCUT2D eigenvalue weighted by Crippen LogP contribution is 2.20. The minimum atomic E-state index is -0.316. The van der Waals surface area contributed by atoms with E-state index in [1.165, 1.54) is 6.21 Å². The Morgan fingerprint density at radius 3 is 2.78 bits per heavy atom. The van der Waals surface area contributed by atoms with Crippen molar-refractivity contribution >= 4 is 34.6 Å². The van der Waals surface area contributed by atoms with Crippen molar-refractivity contribution in [3.8, 4) is 0 Å². The van der Waals surface area contributed by atoms with Gasteiger partial charge in [0.25, 0.3) is 5.91 Å². The summed E-state index contributed by atoms with van der Waals surface area (Å²) in [4.78, 5) is 20.1. The Morgan fingerprint density at radius 2 is 2.00 bits per heavy atom. The van der Waals surface area contributed by atoms with Crippen LogP contribution in [0.5, 0.6) is 0 Å². The van der Waals surface area contributed by atoms with Crippen LogP contribution in [0.2, 0.25) is 5.15 Å². The smallest absolute Gasteiger partial charge is 0.267 e. The molecule has 3 aromatic rings. The predicted octanol–water partition coefficient (Wildman–Crippen LogP) is 3.36. The maximum absolute atomic E-state index is 11.9. The average molecular weight is 325 g/mol. The van der Waals surface area contributed by atoms with E-state index in [4.69, 9.17) is 11.6 Å². The number of benzene rings is 1. The van der Waals surface area contributed by atoms with Gasteiger partial charge in [-0.25, -0.2) is 10.4 Å². The minimum Gasteiger partial charge on any atom is -0.267 e. The Bertz CT molecular complexity index is 894. The van der Waals surface area contributed by atoms with Crippen molar-refractivity contribution < 1.29 is 4.79 Å². The number of fused-ring (bicyclic) bond motifs is 1. The topological polar surface area (TPSA) is 67.2 Å². The molecular formula is C17H13ClN4O. The number of pyridine rings is 2. The molecule has 2 aromatic heterocycles. The highest BCUT2D eigenvalue weighted by molar-refractivity contribution is 6.32. The van der Waals surface area contributed by atoms with Crippen LogP contribution in [-0.4, -0.2) is 22.1 Å². The Balaban J connectivity index is 1.79. The molecule has 0 unspecified atom stereocenters. The fourth-order valence-electron chi connectivity index (χ4n) is 2.09. The first-order valence-corrected chi connectivity index (χ1v) is 7.31. The van der Waals surface area contributed by atoms with E-state index >= 15 is 0 Å². The second-order valence-electron chi connectivity index (χ2n) is 5.00. The number of nitrogens with one attached hydrogen (secondary N) is 1. The molecule has 0 fully saturated rings. The van der Waals surface area contributed by atoms with E-state index in [2.05, 4.69) is 20.5 Å². The molecule has 114 valence electrons. The number of hydrazone groups is 1. The fourth-order valence-corrected chi connectivity index (χ4v) is 2.28. The number of carbonyl (C=O) groups excluding carboxylic acids is 1. The molecular weight excluding hydrogens is 312 g/mol. The molecule has 6 heteroatoms. The number of nitrogens with zero attached hydrogens (tertiary/aromatic N) is 3. The van der Waals surface area contributed by atoms with Crippen LogP contribution in [0.25, 0.3) is 10.9 Å². The Labute approximate surface area is 138 Å². The Morgan fingerprint density at radius 1 is 1.22 bits per heavy atom. The van der Waals surface area contributed by atoms with Crippen molar-refractivity contribution in [2.24, 2.45) is 5.10 Å². The number of hydrogen-bond acceptors (Lipinski definition) is 4. The number of aromatic nitrogens is 2. The molecule has 2 heterocycles. The van der Waals surface area contributed by atoms with E-state index < -0.39 is 0 Å². The number of rotatable bonds is 3. The van der Waals surface area contributed by atoms with Gasteiger partial charge in [0.2, 0.25) is 0 Å². The zero-order chi connectivity index (χ0) is 16.2. The first kappa shape index (κ1) is 15.1. The van der Waals surface area contributed by atoms with Gasteiger partial charge >= 0.3 is 0 Å². The predicted molar refractivity (Wildman–Crippen MR) is 90.8 cm³/mol. The van der Waals surface area contributed by atoms with E-state index in [1.54, 1.807) is 24.5 Å². The molecule has 23 heavy (non-hydrogen) atoms. The lowest BCUT2D eigenvalue weighted by atomic mass is 10.1. The van der Waals surface area contributed by atoms with Gasteiger partial charge in [-0.05, 0) is 36.8 Å². The van der Waals surface area contributed by atoms with E-state index in [1.807, 2.05) is 31.2 Å². The molecule has 1 N–H and O–H groups in total. The second kappa shape index (κ2) is 6.54. The van der Waals surface area contributed by atoms with Crippen molar-refractivity contribution in [3.05, 3.63) is 70.6 Å². The third kappa shape index (κ3) is 3.52. The molecule has 0 bridgehead atoms. The van der Waals surface area contributed by atoms with E-state index in [0.29, 0.717) is 16.3 Å². The van der Waals surface area contributed by atoms with E-state index in [9.17, 15) is 4.79 Å². The van der Waals surface area contributed by atoms with Crippen LogP contribution in [0.4, 0.5) is 0 Å². The summed E-state index contributed by atoms with van der Waals surface area (Å²) in [5, 5.41) is 5.23. The third-order valence-corrected chi connectivity index (χ3v) is 3.57. The lowest BCUT2D eigenvalue weighted by Gasteiger charge is -2.03. The summed E-state index contributed by atoms with van der Waals surface area (Å²) in [6, 6.07) is 11.0. The normalized spacial score (nSPS) is 11.0. The van der Waals surface area contributed by atoms with Gasteiger partial charge in [-0.15, -0.1) is 0 Å². The standard InChI is InChI=1S/C17H13ClN4O/c1-11-2-3-13-9-14(16(18)21-15(13)8-11)10-20-22-17(23)12-4-6-19-7-5-12/h2-10H,1H3,(H,22,23). The summed E-state index contributed by atoms with van der Waals surface area (Å²) in [6.45, 7) is 2.00. The summed E-state index contributed by atoms with van der Waals surface area (Å²) in [6.07, 6.45) is 4.57. The van der Waals surface area contributed by atoms with Gasteiger partial charge in [-0.2, -0.15) is 5.10 Å². The maximum Gasteiger partial charge on any atom is 0.271 e. The highest BCUT2D eigenvalue weighted by Gasteiger charge is 2.05. The van der Waals surface area contributed by atoms with E-state index in [-0.39, 0.29) is 5.91 Å². The van der Waals surface area contributed by atoms with Crippen LogP contribution in [0.15, 0.2) is 53.9 Å². The van der Waals surface area contributed by atoms with Crippen molar-refractivity contribution in [1.29, 1.82) is 0 Å². The van der Waals surface area contributed by atoms with Crippen LogP contribution in [-0.2, 0) is 0 Å². The van der Waals surface area contributed by atoms with E-state index in [0.717, 1.165) is 16.5 Å². The zero-order valence-electron chi connectivity index (χ0n) is 12.3. The summed E-state index contributed by atoms with van der Waals surface area (Å²) in [5.41, 5.74) is 5.51. The number of carbonyl (C=O) groups is 1. The molecule has 0 saturated carbocycles. The largest absolute Gasteiger partial charge is 0.271 e. The van der Waals surface area contributed by atoms with Crippen LogP contribution in [0.3, 0.4) is 0 Å². The van der Waals surface area contributed by atoms with Crippen LogP contribution in [0, 0.1) is 6.92 Å². The average Bonchev–Trinajstić information content (AvgIpc) is 2.56. The molecule has 0 radical (unpaired) electrons. The second-order valence-corrected chi connectivity index (χ2v) is 5.36. The summed E-state index contributed by atoms with van der Waals surface area (Å²) < 4.78 is 0. The molecule has 0 spiro atoms. The molecule has 3 rings (SSSR count). The zero-order valence-corrected chi connectivity index (χ0v) is 13.1. The van der Waals surface area contributed by atoms with Crippen molar-refractivity contribution in [1.82, 2.24) is 15.4 Å². The SMILES string of the molecule is Cc1ccc2cc(C=NNC(=O)c3ccncc3)c(Cl)nc2c1. The first-order valence-electron chi connectivity index (χ1n) is 6.94.